The topological polar surface area (TPSA) is 81.5 Å². The number of amides is 1. The fourth-order valence-corrected chi connectivity index (χ4v) is 5.61. The van der Waals surface area contributed by atoms with E-state index < -0.39 is 12.8 Å². The van der Waals surface area contributed by atoms with Gasteiger partial charge in [0.15, 0.2) is 19.0 Å². The smallest absolute Gasteiger partial charge is 0.422 e. The number of hydrogen-bond donors (Lipinski definition) is 1. The second kappa shape index (κ2) is 11.6. The van der Waals surface area contributed by atoms with Gasteiger partial charge in [-0.1, -0.05) is 11.3 Å². The van der Waals surface area contributed by atoms with E-state index in [1.807, 2.05) is 0 Å². The Hall–Kier alpha value is -2.34. The first kappa shape index (κ1) is 25.7. The minimum atomic E-state index is -4.35. The lowest BCUT2D eigenvalue weighted by Gasteiger charge is -2.30. The van der Waals surface area contributed by atoms with E-state index in [-0.39, 0.29) is 23.7 Å². The number of fused-ring (bicyclic) bond motifs is 1. The molecule has 1 aliphatic carbocycles. The molecule has 2 aliphatic rings. The Kier molecular flexibility index (Phi) is 8.53. The van der Waals surface area contributed by atoms with Gasteiger partial charge < -0.3 is 19.7 Å². The molecular weight excluding hydrogens is 483 g/mol. The Balaban J connectivity index is 1.11. The highest BCUT2D eigenvalue weighted by Gasteiger charge is 2.30. The van der Waals surface area contributed by atoms with Gasteiger partial charge in [0.2, 0.25) is 0 Å². The van der Waals surface area contributed by atoms with Crippen molar-refractivity contribution in [2.24, 2.45) is 13.0 Å². The summed E-state index contributed by atoms with van der Waals surface area (Å²) in [5.74, 6) is 1.13. The van der Waals surface area contributed by atoms with Crippen molar-refractivity contribution in [2.45, 2.75) is 57.2 Å². The molecule has 0 atom stereocenters. The molecule has 0 aromatic carbocycles. The van der Waals surface area contributed by atoms with Crippen molar-refractivity contribution in [3.63, 3.8) is 0 Å². The van der Waals surface area contributed by atoms with Gasteiger partial charge in [0, 0.05) is 37.5 Å². The molecule has 35 heavy (non-hydrogen) atoms. The van der Waals surface area contributed by atoms with Gasteiger partial charge >= 0.3 is 6.18 Å². The first-order valence-corrected chi connectivity index (χ1v) is 12.9. The monoisotopic (exact) mass is 515 g/mol. The number of thiazole rings is 1. The van der Waals surface area contributed by atoms with E-state index >= 15 is 0 Å². The fourth-order valence-electron chi connectivity index (χ4n) is 4.67. The third kappa shape index (κ3) is 8.09. The molecule has 1 amide bonds. The zero-order chi connectivity index (χ0) is 24.8. The largest absolute Gasteiger partial charge is 0.480 e. The second-order valence-corrected chi connectivity index (χ2v) is 10.4. The van der Waals surface area contributed by atoms with Crippen LogP contribution in [0.25, 0.3) is 0 Å². The summed E-state index contributed by atoms with van der Waals surface area (Å²) in [5, 5.41) is 7.21. The molecule has 1 aliphatic heterocycles. The van der Waals surface area contributed by atoms with Crippen molar-refractivity contribution in [1.29, 1.82) is 0 Å². The summed E-state index contributed by atoms with van der Waals surface area (Å²) in [6.45, 7) is 1.45. The van der Waals surface area contributed by atoms with E-state index in [4.69, 9.17) is 9.47 Å². The van der Waals surface area contributed by atoms with E-state index in [1.54, 1.807) is 24.1 Å². The highest BCUT2D eigenvalue weighted by molar-refractivity contribution is 7.13. The molecule has 1 saturated carbocycles. The predicted molar refractivity (Wildman–Crippen MR) is 125 cm³/mol. The third-order valence-corrected chi connectivity index (χ3v) is 7.62. The SMILES string of the molecule is Cn1cc(OCC(=O)NC2CCC(CCN3CCc4nc(OCC(F)(F)F)sc4CC3)CC2)cn1. The van der Waals surface area contributed by atoms with E-state index in [1.165, 1.54) is 11.3 Å². The normalized spacial score (nSPS) is 21.3. The Labute approximate surface area is 206 Å². The van der Waals surface area contributed by atoms with Crippen LogP contribution in [-0.2, 0) is 24.7 Å². The zero-order valence-electron chi connectivity index (χ0n) is 19.9. The van der Waals surface area contributed by atoms with Crippen molar-refractivity contribution in [3.05, 3.63) is 23.0 Å². The molecule has 4 rings (SSSR count). The number of carbonyl (C=O) groups is 1. The molecule has 0 spiro atoms. The minimum Gasteiger partial charge on any atom is -0.480 e. The van der Waals surface area contributed by atoms with Crippen LogP contribution in [0.2, 0.25) is 0 Å². The van der Waals surface area contributed by atoms with E-state index in [2.05, 4.69) is 20.3 Å². The number of aryl methyl sites for hydroxylation is 1. The average Bonchev–Trinajstić information content (AvgIpc) is 3.36. The van der Waals surface area contributed by atoms with Crippen molar-refractivity contribution >= 4 is 17.2 Å². The van der Waals surface area contributed by atoms with Gasteiger partial charge in [-0.2, -0.15) is 18.3 Å². The molecule has 1 fully saturated rings. The Morgan fingerprint density at radius 1 is 1.20 bits per heavy atom. The predicted octanol–water partition coefficient (Wildman–Crippen LogP) is 3.36. The summed E-state index contributed by atoms with van der Waals surface area (Å²) in [6, 6.07) is 0.199. The molecule has 0 saturated heterocycles. The number of nitrogens with zero attached hydrogens (tertiary/aromatic N) is 4. The van der Waals surface area contributed by atoms with Crippen LogP contribution in [0.5, 0.6) is 10.9 Å². The van der Waals surface area contributed by atoms with Crippen LogP contribution in [0.1, 0.15) is 42.7 Å². The Bertz CT molecular complexity index is 947. The van der Waals surface area contributed by atoms with Crippen LogP contribution in [0.3, 0.4) is 0 Å². The number of ether oxygens (including phenoxy) is 2. The van der Waals surface area contributed by atoms with Gasteiger partial charge in [0.25, 0.3) is 11.1 Å². The van der Waals surface area contributed by atoms with Crippen LogP contribution >= 0.6 is 11.3 Å². The summed E-state index contributed by atoms with van der Waals surface area (Å²) < 4.78 is 49.0. The summed E-state index contributed by atoms with van der Waals surface area (Å²) in [7, 11) is 1.80. The van der Waals surface area contributed by atoms with Crippen molar-refractivity contribution in [3.8, 4) is 10.9 Å². The highest BCUT2D eigenvalue weighted by atomic mass is 32.1. The van der Waals surface area contributed by atoms with E-state index in [9.17, 15) is 18.0 Å². The van der Waals surface area contributed by atoms with Crippen LogP contribution < -0.4 is 14.8 Å². The number of hydrogen-bond acceptors (Lipinski definition) is 7. The quantitative estimate of drug-likeness (QED) is 0.552. The lowest BCUT2D eigenvalue weighted by Crippen LogP contribution is -2.40. The van der Waals surface area contributed by atoms with Gasteiger partial charge in [-0.25, -0.2) is 4.98 Å². The molecule has 2 aromatic heterocycles. The van der Waals surface area contributed by atoms with Crippen molar-refractivity contribution < 1.29 is 27.4 Å². The number of halogens is 3. The summed E-state index contributed by atoms with van der Waals surface area (Å²) in [5.41, 5.74) is 0.874. The molecule has 0 radical (unpaired) electrons. The lowest BCUT2D eigenvalue weighted by atomic mass is 9.84. The molecule has 2 aromatic rings. The average molecular weight is 516 g/mol. The molecule has 194 valence electrons. The second-order valence-electron chi connectivity index (χ2n) is 9.31. The minimum absolute atomic E-state index is 0.00310. The third-order valence-electron chi connectivity index (χ3n) is 6.55. The van der Waals surface area contributed by atoms with Crippen molar-refractivity contribution in [1.82, 2.24) is 25.0 Å². The highest BCUT2D eigenvalue weighted by Crippen LogP contribution is 2.31. The number of aromatic nitrogens is 3. The molecule has 0 bridgehead atoms. The zero-order valence-corrected chi connectivity index (χ0v) is 20.7. The molecule has 1 N–H and O–H groups in total. The Morgan fingerprint density at radius 3 is 2.69 bits per heavy atom. The Morgan fingerprint density at radius 2 is 1.97 bits per heavy atom. The standard InChI is InChI=1S/C23H32F3N5O3S/c1-30-13-18(12-27-30)33-14-21(32)28-17-4-2-16(3-5-17)6-9-31-10-7-19-20(8-11-31)35-22(29-19)34-15-23(24,25)26/h12-13,16-17H,2-11,14-15H2,1H3,(H,28,32). The van der Waals surface area contributed by atoms with Gasteiger partial charge in [-0.05, 0) is 51.0 Å². The number of alkyl halides is 3. The molecule has 8 nitrogen and oxygen atoms in total. The van der Waals surface area contributed by atoms with Crippen LogP contribution in [0, 0.1) is 5.92 Å². The maximum Gasteiger partial charge on any atom is 0.422 e. The first-order chi connectivity index (χ1) is 16.7. The van der Waals surface area contributed by atoms with Crippen LogP contribution in [0.15, 0.2) is 12.4 Å². The van der Waals surface area contributed by atoms with E-state index in [0.29, 0.717) is 11.7 Å². The number of carbonyl (C=O) groups excluding carboxylic acids is 1. The molecular formula is C23H32F3N5O3S. The number of nitrogens with one attached hydrogen (secondary N) is 1. The summed E-state index contributed by atoms with van der Waals surface area (Å²) in [4.78, 5) is 19.9. The molecule has 3 heterocycles. The number of rotatable bonds is 9. The maximum atomic E-state index is 12.4. The van der Waals surface area contributed by atoms with Gasteiger partial charge in [-0.3, -0.25) is 9.48 Å². The van der Waals surface area contributed by atoms with Crippen LogP contribution in [-0.4, -0.2) is 70.6 Å². The molecule has 0 unspecified atom stereocenters. The van der Waals surface area contributed by atoms with Crippen LogP contribution in [0.4, 0.5) is 13.2 Å². The summed E-state index contributed by atoms with van der Waals surface area (Å²) in [6.07, 6.45) is 5.75. The van der Waals surface area contributed by atoms with Gasteiger partial charge in [0.1, 0.15) is 0 Å². The molecule has 12 heteroatoms. The lowest BCUT2D eigenvalue weighted by molar-refractivity contribution is -0.153. The van der Waals surface area contributed by atoms with Gasteiger partial charge in [0.05, 0.1) is 18.1 Å². The maximum absolute atomic E-state index is 12.4. The van der Waals surface area contributed by atoms with E-state index in [0.717, 1.165) is 75.2 Å². The van der Waals surface area contributed by atoms with Gasteiger partial charge in [-0.15, -0.1) is 0 Å². The fraction of sp³-hybridized carbons (Fsp3) is 0.696. The van der Waals surface area contributed by atoms with Crippen molar-refractivity contribution in [2.75, 3.05) is 32.8 Å². The summed E-state index contributed by atoms with van der Waals surface area (Å²) >= 11 is 1.24. The first-order valence-electron chi connectivity index (χ1n) is 12.0.